The van der Waals surface area contributed by atoms with Crippen molar-refractivity contribution in [3.63, 3.8) is 0 Å². The minimum absolute atomic E-state index is 0.114. The van der Waals surface area contributed by atoms with E-state index in [0.29, 0.717) is 0 Å². The molecule has 7 nitrogen and oxygen atoms in total. The van der Waals surface area contributed by atoms with Gasteiger partial charge >= 0.3 is 0 Å². The smallest absolute Gasteiger partial charge is 0.165 e. The number of nitrogens with one attached hydrogen (secondary N) is 1. The number of hydrogen-bond acceptors (Lipinski definition) is 4. The minimum Gasteiger partial charge on any atom is -0.347 e. The van der Waals surface area contributed by atoms with E-state index in [9.17, 15) is 0 Å². The highest BCUT2D eigenvalue weighted by Gasteiger charge is 2.36. The van der Waals surface area contributed by atoms with Gasteiger partial charge in [0.15, 0.2) is 11.5 Å². The Labute approximate surface area is 392 Å². The second-order valence-electron chi connectivity index (χ2n) is 17.6. The van der Waals surface area contributed by atoms with E-state index < -0.39 is 0 Å². The zero-order valence-corrected chi connectivity index (χ0v) is 36.8. The van der Waals surface area contributed by atoms with E-state index in [-0.39, 0.29) is 12.1 Å². The van der Waals surface area contributed by atoms with Gasteiger partial charge in [-0.1, -0.05) is 176 Å². The minimum atomic E-state index is -0.283. The molecule has 2 atom stereocenters. The standard InChI is InChI=1S/C61H41N7/c1-6-20-39(21-7-1)57-62-58(40-22-8-2-9-23-40)64-59(63-57)53-46-31-17-16-30-45(46)49-38-44(34-35-47(49)53)66-50-33-19-18-32-48(50)54-51(66)36-37-52-55(54)56-61(67(52)42-26-12-4-13-27-42)65-60(41-24-10-3-11-25-41)68(56)43-28-14-5-15-29-43/h1-38,53,57H,(H,62,63,64). The largest absolute Gasteiger partial charge is 0.347 e. The zero-order chi connectivity index (χ0) is 44.7. The van der Waals surface area contributed by atoms with Gasteiger partial charge in [-0.05, 0) is 82.4 Å². The van der Waals surface area contributed by atoms with E-state index >= 15 is 0 Å². The molecule has 320 valence electrons. The molecule has 2 aliphatic rings. The maximum absolute atomic E-state index is 5.57. The highest BCUT2D eigenvalue weighted by molar-refractivity contribution is 6.28. The van der Waals surface area contributed by atoms with E-state index in [1.807, 2.05) is 12.1 Å². The monoisotopic (exact) mass is 871 g/mol. The number of nitrogens with zero attached hydrogens (tertiary/aromatic N) is 6. The van der Waals surface area contributed by atoms with Gasteiger partial charge in [-0.2, -0.15) is 0 Å². The normalized spacial score (nSPS) is 15.4. The first-order valence-electron chi connectivity index (χ1n) is 23.2. The molecule has 12 aromatic rings. The van der Waals surface area contributed by atoms with Gasteiger partial charge < -0.3 is 9.88 Å². The summed E-state index contributed by atoms with van der Waals surface area (Å²) in [5.41, 5.74) is 16.6. The molecule has 68 heavy (non-hydrogen) atoms. The number of para-hydroxylation sites is 3. The molecule has 0 saturated carbocycles. The molecule has 2 unspecified atom stereocenters. The van der Waals surface area contributed by atoms with Gasteiger partial charge in [0.25, 0.3) is 0 Å². The van der Waals surface area contributed by atoms with Crippen LogP contribution in [0, 0.1) is 0 Å². The molecule has 0 bridgehead atoms. The Morgan fingerprint density at radius 2 is 1.01 bits per heavy atom. The van der Waals surface area contributed by atoms with Gasteiger partial charge in [0.1, 0.15) is 23.3 Å². The molecule has 0 saturated heterocycles. The van der Waals surface area contributed by atoms with Gasteiger partial charge in [0.2, 0.25) is 0 Å². The second-order valence-corrected chi connectivity index (χ2v) is 17.6. The van der Waals surface area contributed by atoms with E-state index in [4.69, 9.17) is 15.0 Å². The molecule has 14 rings (SSSR count). The van der Waals surface area contributed by atoms with Crippen molar-refractivity contribution in [2.24, 2.45) is 9.98 Å². The van der Waals surface area contributed by atoms with Crippen LogP contribution in [0.1, 0.15) is 34.3 Å². The summed E-state index contributed by atoms with van der Waals surface area (Å²) < 4.78 is 7.16. The summed E-state index contributed by atoms with van der Waals surface area (Å²) in [6.07, 6.45) is -0.283. The lowest BCUT2D eigenvalue weighted by Crippen LogP contribution is -2.36. The number of hydrogen-bond donors (Lipinski definition) is 1. The summed E-state index contributed by atoms with van der Waals surface area (Å²) in [6.45, 7) is 0. The van der Waals surface area contributed by atoms with Gasteiger partial charge in [-0.3, -0.25) is 9.13 Å². The number of benzene rings is 9. The molecule has 1 N–H and O–H groups in total. The zero-order valence-electron chi connectivity index (χ0n) is 36.8. The van der Waals surface area contributed by atoms with Crippen LogP contribution in [-0.2, 0) is 0 Å². The fraction of sp³-hybridized carbons (Fsp3) is 0.0328. The Morgan fingerprint density at radius 1 is 0.426 bits per heavy atom. The molecule has 1 aliphatic heterocycles. The van der Waals surface area contributed by atoms with Crippen molar-refractivity contribution < 1.29 is 0 Å². The highest BCUT2D eigenvalue weighted by atomic mass is 15.2. The number of amidine groups is 2. The lowest BCUT2D eigenvalue weighted by Gasteiger charge is -2.27. The van der Waals surface area contributed by atoms with Crippen LogP contribution in [0.5, 0.6) is 0 Å². The number of imidazole rings is 1. The lowest BCUT2D eigenvalue weighted by atomic mass is 9.94. The van der Waals surface area contributed by atoms with Crippen LogP contribution in [0.15, 0.2) is 241 Å². The topological polar surface area (TPSA) is 64.4 Å². The van der Waals surface area contributed by atoms with Crippen LogP contribution in [0.2, 0.25) is 0 Å². The quantitative estimate of drug-likeness (QED) is 0.173. The summed E-state index contributed by atoms with van der Waals surface area (Å²) in [4.78, 5) is 16.1. The SMILES string of the molecule is c1ccc(C2=NC(c3ccccc3)NC(C3c4ccccc4-c4cc(-n5c6ccccc6c6c7c8c(nc(-c9ccccc9)n8-c8ccccc8)n(-c8ccccc8)c7ccc65)ccc43)=N2)cc1. The number of aromatic nitrogens is 4. The second kappa shape index (κ2) is 15.3. The first-order chi connectivity index (χ1) is 33.8. The molecule has 0 fully saturated rings. The summed E-state index contributed by atoms with van der Waals surface area (Å²) in [7, 11) is 0. The van der Waals surface area contributed by atoms with Gasteiger partial charge in [-0.15, -0.1) is 0 Å². The summed E-state index contributed by atoms with van der Waals surface area (Å²) in [5.74, 6) is 2.40. The molecule has 7 heteroatoms. The Bertz CT molecular complexity index is 3980. The van der Waals surface area contributed by atoms with Crippen molar-refractivity contribution >= 4 is 55.5 Å². The summed E-state index contributed by atoms with van der Waals surface area (Å²) >= 11 is 0. The number of aliphatic imine (C=N–C) groups is 2. The molecule has 1 aliphatic carbocycles. The fourth-order valence-electron chi connectivity index (χ4n) is 10.9. The molecule has 0 radical (unpaired) electrons. The third-order valence-electron chi connectivity index (χ3n) is 13.8. The average molecular weight is 872 g/mol. The average Bonchev–Trinajstić information content (AvgIpc) is 4.15. The van der Waals surface area contributed by atoms with Gasteiger partial charge in [0, 0.05) is 44.3 Å². The van der Waals surface area contributed by atoms with Crippen molar-refractivity contribution in [1.82, 2.24) is 24.0 Å². The van der Waals surface area contributed by atoms with Gasteiger partial charge in [-0.25, -0.2) is 15.0 Å². The van der Waals surface area contributed by atoms with E-state index in [0.717, 1.165) is 84.3 Å². The Hall–Kier alpha value is -9.07. The maximum atomic E-state index is 5.57. The van der Waals surface area contributed by atoms with Crippen LogP contribution in [0.4, 0.5) is 0 Å². The molecule has 9 aromatic carbocycles. The fourth-order valence-corrected chi connectivity index (χ4v) is 10.9. The molecular weight excluding hydrogens is 831 g/mol. The molecule has 0 spiro atoms. The molecule has 4 heterocycles. The van der Waals surface area contributed by atoms with Crippen molar-refractivity contribution in [2.75, 3.05) is 0 Å². The predicted molar refractivity (Wildman–Crippen MR) is 278 cm³/mol. The van der Waals surface area contributed by atoms with Crippen LogP contribution in [-0.4, -0.2) is 30.4 Å². The Kier molecular flexibility index (Phi) is 8.58. The highest BCUT2D eigenvalue weighted by Crippen LogP contribution is 2.49. The Balaban J connectivity index is 1.01. The van der Waals surface area contributed by atoms with Crippen molar-refractivity contribution in [3.8, 4) is 39.6 Å². The van der Waals surface area contributed by atoms with E-state index in [2.05, 4.69) is 237 Å². The first kappa shape index (κ1) is 38.2. The Morgan fingerprint density at radius 3 is 1.75 bits per heavy atom. The van der Waals surface area contributed by atoms with Crippen LogP contribution in [0.3, 0.4) is 0 Å². The van der Waals surface area contributed by atoms with E-state index in [1.165, 1.54) is 33.0 Å². The maximum Gasteiger partial charge on any atom is 0.165 e. The lowest BCUT2D eigenvalue weighted by molar-refractivity contribution is 0.660. The van der Waals surface area contributed by atoms with Crippen molar-refractivity contribution in [1.29, 1.82) is 0 Å². The van der Waals surface area contributed by atoms with E-state index in [1.54, 1.807) is 0 Å². The van der Waals surface area contributed by atoms with Crippen molar-refractivity contribution in [2.45, 2.75) is 12.1 Å². The number of rotatable bonds is 7. The van der Waals surface area contributed by atoms with Gasteiger partial charge in [0.05, 0.1) is 22.5 Å². The van der Waals surface area contributed by atoms with Crippen LogP contribution >= 0.6 is 0 Å². The van der Waals surface area contributed by atoms with Crippen LogP contribution < -0.4 is 5.32 Å². The molecular formula is C61H41N7. The van der Waals surface area contributed by atoms with Crippen LogP contribution in [0.25, 0.3) is 83.4 Å². The number of fused-ring (bicyclic) bond motifs is 10. The summed E-state index contributed by atoms with van der Waals surface area (Å²) in [5, 5.41) is 7.34. The predicted octanol–water partition coefficient (Wildman–Crippen LogP) is 14.0. The summed E-state index contributed by atoms with van der Waals surface area (Å²) in [6, 6.07) is 81.9. The first-order valence-corrected chi connectivity index (χ1v) is 23.2. The van der Waals surface area contributed by atoms with Crippen molar-refractivity contribution in [3.05, 3.63) is 253 Å². The molecule has 3 aromatic heterocycles. The third kappa shape index (κ3) is 5.82. The molecule has 0 amide bonds. The third-order valence-corrected chi connectivity index (χ3v) is 13.8.